The van der Waals surface area contributed by atoms with E-state index in [-0.39, 0.29) is 21.7 Å². The predicted octanol–water partition coefficient (Wildman–Crippen LogP) is 4.77. The smallest absolute Gasteiger partial charge is 0.221 e. The van der Waals surface area contributed by atoms with Gasteiger partial charge in [-0.1, -0.05) is 23.2 Å². The Balaban J connectivity index is 2.07. The Morgan fingerprint density at radius 2 is 1.62 bits per heavy atom. The van der Waals surface area contributed by atoms with E-state index in [4.69, 9.17) is 35.4 Å². The molecule has 4 N–H and O–H groups in total. The van der Waals surface area contributed by atoms with Gasteiger partial charge in [-0.05, 0) is 55.0 Å². The number of nitrogens with one attached hydrogen (secondary N) is 3. The zero-order valence-electron chi connectivity index (χ0n) is 12.9. The number of thiocarbonyl (C=S) groups is 1. The molecule has 0 aliphatic carbocycles. The van der Waals surface area contributed by atoms with Crippen LogP contribution in [-0.4, -0.2) is 16.1 Å². The standard InChI is InChI=1S/C16H15Cl2N3O2S/c1-8-13(7-12(17)15(23)14(8)18)21-16(24)20-11-5-3-10(4-6-11)19-9(2)22/h3-7,23H,1-2H3,(H,19,22)(H2,20,21,24). The van der Waals surface area contributed by atoms with Gasteiger partial charge in [-0.3, -0.25) is 4.79 Å². The summed E-state index contributed by atoms with van der Waals surface area (Å²) in [6, 6.07) is 8.62. The number of benzene rings is 2. The topological polar surface area (TPSA) is 73.4 Å². The van der Waals surface area contributed by atoms with Crippen LogP contribution in [-0.2, 0) is 4.79 Å². The van der Waals surface area contributed by atoms with Crippen LogP contribution >= 0.6 is 35.4 Å². The molecule has 8 heteroatoms. The Bertz CT molecular complexity index is 795. The van der Waals surface area contributed by atoms with E-state index >= 15 is 0 Å². The van der Waals surface area contributed by atoms with Crippen molar-refractivity contribution in [2.75, 3.05) is 16.0 Å². The highest BCUT2D eigenvalue weighted by Crippen LogP contribution is 2.38. The number of phenolic OH excluding ortho intramolecular Hbond substituents is 1. The van der Waals surface area contributed by atoms with Crippen molar-refractivity contribution in [2.45, 2.75) is 13.8 Å². The second kappa shape index (κ2) is 7.70. The molecule has 0 heterocycles. The summed E-state index contributed by atoms with van der Waals surface area (Å²) in [7, 11) is 0. The average molecular weight is 384 g/mol. The number of anilines is 3. The number of amides is 1. The molecule has 0 radical (unpaired) electrons. The van der Waals surface area contributed by atoms with Crippen molar-refractivity contribution in [1.82, 2.24) is 0 Å². The summed E-state index contributed by atoms with van der Waals surface area (Å²) >= 11 is 17.2. The van der Waals surface area contributed by atoms with Crippen molar-refractivity contribution in [3.05, 3.63) is 45.9 Å². The maximum atomic E-state index is 11.0. The SMILES string of the molecule is CC(=O)Nc1ccc(NC(=S)Nc2cc(Cl)c(O)c(Cl)c2C)cc1. The van der Waals surface area contributed by atoms with E-state index in [1.807, 2.05) is 0 Å². The molecule has 24 heavy (non-hydrogen) atoms. The summed E-state index contributed by atoms with van der Waals surface area (Å²) in [5.41, 5.74) is 2.66. The first-order valence-corrected chi connectivity index (χ1v) is 8.07. The lowest BCUT2D eigenvalue weighted by atomic mass is 10.2. The fourth-order valence-electron chi connectivity index (χ4n) is 1.96. The van der Waals surface area contributed by atoms with E-state index in [2.05, 4.69) is 16.0 Å². The number of phenols is 1. The molecule has 0 unspecified atom stereocenters. The van der Waals surface area contributed by atoms with Gasteiger partial charge in [0.25, 0.3) is 0 Å². The number of carbonyl (C=O) groups is 1. The number of halogens is 2. The van der Waals surface area contributed by atoms with Crippen LogP contribution in [0.2, 0.25) is 10.0 Å². The number of rotatable bonds is 3. The second-order valence-corrected chi connectivity index (χ2v) is 6.22. The fraction of sp³-hybridized carbons (Fsp3) is 0.125. The normalized spacial score (nSPS) is 10.2. The molecule has 5 nitrogen and oxygen atoms in total. The van der Waals surface area contributed by atoms with Crippen LogP contribution < -0.4 is 16.0 Å². The van der Waals surface area contributed by atoms with Gasteiger partial charge in [-0.15, -0.1) is 0 Å². The zero-order valence-corrected chi connectivity index (χ0v) is 15.2. The Morgan fingerprint density at radius 1 is 1.08 bits per heavy atom. The Kier molecular flexibility index (Phi) is 5.88. The van der Waals surface area contributed by atoms with Crippen LogP contribution in [0.15, 0.2) is 30.3 Å². The largest absolute Gasteiger partial charge is 0.505 e. The van der Waals surface area contributed by atoms with Crippen molar-refractivity contribution in [3.8, 4) is 5.75 Å². The van der Waals surface area contributed by atoms with Crippen LogP contribution in [0, 0.1) is 6.92 Å². The molecule has 0 fully saturated rings. The summed E-state index contributed by atoms with van der Waals surface area (Å²) < 4.78 is 0. The van der Waals surface area contributed by atoms with Crippen LogP contribution in [0.3, 0.4) is 0 Å². The van der Waals surface area contributed by atoms with E-state index in [9.17, 15) is 9.90 Å². The monoisotopic (exact) mass is 383 g/mol. The molecular formula is C16H15Cl2N3O2S. The molecule has 0 spiro atoms. The summed E-state index contributed by atoms with van der Waals surface area (Å²) in [6.45, 7) is 3.19. The van der Waals surface area contributed by atoms with Crippen LogP contribution in [0.5, 0.6) is 5.75 Å². The van der Waals surface area contributed by atoms with Crippen molar-refractivity contribution < 1.29 is 9.90 Å². The van der Waals surface area contributed by atoms with Gasteiger partial charge in [0.05, 0.1) is 10.0 Å². The molecule has 0 saturated carbocycles. The highest BCUT2D eigenvalue weighted by atomic mass is 35.5. The summed E-state index contributed by atoms with van der Waals surface area (Å²) in [4.78, 5) is 11.0. The Hall–Kier alpha value is -2.02. The van der Waals surface area contributed by atoms with E-state index in [0.717, 1.165) is 5.69 Å². The minimum Gasteiger partial charge on any atom is -0.505 e. The first kappa shape index (κ1) is 18.3. The molecule has 126 valence electrons. The third-order valence-corrected chi connectivity index (χ3v) is 4.10. The number of carbonyl (C=O) groups excluding carboxylic acids is 1. The summed E-state index contributed by atoms with van der Waals surface area (Å²) in [5, 5.41) is 19.0. The van der Waals surface area contributed by atoms with Gasteiger partial charge < -0.3 is 21.1 Å². The zero-order chi connectivity index (χ0) is 17.9. The molecular weight excluding hydrogens is 369 g/mol. The maximum Gasteiger partial charge on any atom is 0.221 e. The predicted molar refractivity (Wildman–Crippen MR) is 103 cm³/mol. The van der Waals surface area contributed by atoms with Gasteiger partial charge in [0.2, 0.25) is 5.91 Å². The molecule has 2 rings (SSSR count). The molecule has 0 saturated heterocycles. The van der Waals surface area contributed by atoms with Gasteiger partial charge >= 0.3 is 0 Å². The third kappa shape index (κ3) is 4.50. The molecule has 0 aliphatic heterocycles. The molecule has 0 aromatic heterocycles. The van der Waals surface area contributed by atoms with Crippen LogP contribution in [0.1, 0.15) is 12.5 Å². The minimum atomic E-state index is -0.158. The molecule has 0 aliphatic rings. The van der Waals surface area contributed by atoms with E-state index in [0.29, 0.717) is 22.1 Å². The summed E-state index contributed by atoms with van der Waals surface area (Å²) in [6.07, 6.45) is 0. The van der Waals surface area contributed by atoms with Crippen molar-refractivity contribution in [3.63, 3.8) is 0 Å². The van der Waals surface area contributed by atoms with Gasteiger partial charge in [0.15, 0.2) is 10.9 Å². The maximum absolute atomic E-state index is 11.0. The van der Waals surface area contributed by atoms with Gasteiger partial charge in [-0.25, -0.2) is 0 Å². The fourth-order valence-corrected chi connectivity index (χ4v) is 2.64. The number of aromatic hydroxyl groups is 1. The summed E-state index contributed by atoms with van der Waals surface area (Å²) in [5.74, 6) is -0.293. The second-order valence-electron chi connectivity index (χ2n) is 5.03. The molecule has 1 amide bonds. The van der Waals surface area contributed by atoms with E-state index < -0.39 is 0 Å². The lowest BCUT2D eigenvalue weighted by molar-refractivity contribution is -0.114. The number of hydrogen-bond donors (Lipinski definition) is 4. The Labute approximate surface area is 155 Å². The molecule has 0 bridgehead atoms. The van der Waals surface area contributed by atoms with E-state index in [1.165, 1.54) is 6.92 Å². The van der Waals surface area contributed by atoms with Gasteiger partial charge in [-0.2, -0.15) is 0 Å². The van der Waals surface area contributed by atoms with E-state index in [1.54, 1.807) is 37.3 Å². The van der Waals surface area contributed by atoms with Gasteiger partial charge in [0.1, 0.15) is 0 Å². The van der Waals surface area contributed by atoms with Crippen LogP contribution in [0.25, 0.3) is 0 Å². The minimum absolute atomic E-state index is 0.135. The lowest BCUT2D eigenvalue weighted by Gasteiger charge is -2.15. The van der Waals surface area contributed by atoms with Crippen molar-refractivity contribution >= 4 is 63.5 Å². The average Bonchev–Trinajstić information content (AvgIpc) is 2.52. The van der Waals surface area contributed by atoms with Crippen molar-refractivity contribution in [2.24, 2.45) is 0 Å². The molecule has 2 aromatic rings. The third-order valence-electron chi connectivity index (χ3n) is 3.15. The molecule has 2 aromatic carbocycles. The van der Waals surface area contributed by atoms with Crippen molar-refractivity contribution in [1.29, 1.82) is 0 Å². The van der Waals surface area contributed by atoms with Gasteiger partial charge in [0, 0.05) is 24.0 Å². The quantitative estimate of drug-likeness (QED) is 0.453. The number of hydrogen-bond acceptors (Lipinski definition) is 3. The first-order valence-electron chi connectivity index (χ1n) is 6.91. The molecule has 0 atom stereocenters. The highest BCUT2D eigenvalue weighted by Gasteiger charge is 2.13. The lowest BCUT2D eigenvalue weighted by Crippen LogP contribution is -2.19. The highest BCUT2D eigenvalue weighted by molar-refractivity contribution is 7.80. The first-order chi connectivity index (χ1) is 11.3. The Morgan fingerprint density at radius 3 is 2.17 bits per heavy atom. The van der Waals surface area contributed by atoms with Crippen LogP contribution in [0.4, 0.5) is 17.1 Å².